The molecule has 2 nitrogen and oxygen atoms in total. The van der Waals surface area contributed by atoms with E-state index in [1.54, 1.807) is 0 Å². The summed E-state index contributed by atoms with van der Waals surface area (Å²) in [4.78, 5) is 0. The fourth-order valence-corrected chi connectivity index (χ4v) is 9.77. The molecule has 258 valence electrons. The second-order valence-corrected chi connectivity index (χ2v) is 15.3. The van der Waals surface area contributed by atoms with Crippen LogP contribution in [0.4, 0.5) is 0 Å². The van der Waals surface area contributed by atoms with E-state index in [-0.39, 0.29) is 0 Å². The maximum absolute atomic E-state index is 2.47. The van der Waals surface area contributed by atoms with Gasteiger partial charge in [-0.25, -0.2) is 0 Å². The predicted octanol–water partition coefficient (Wildman–Crippen LogP) is 14.5. The molecule has 0 fully saturated rings. The second-order valence-electron chi connectivity index (χ2n) is 15.3. The van der Waals surface area contributed by atoms with Crippen LogP contribution < -0.4 is 0 Å². The van der Waals surface area contributed by atoms with Crippen molar-refractivity contribution >= 4 is 82.0 Å². The lowest BCUT2D eigenvalue weighted by Gasteiger charge is -2.23. The molecule has 0 radical (unpaired) electrons. The summed E-state index contributed by atoms with van der Waals surface area (Å²) in [5, 5.41) is 12.9. The van der Waals surface area contributed by atoms with Gasteiger partial charge in [-0.1, -0.05) is 128 Å². The van der Waals surface area contributed by atoms with E-state index in [1.165, 1.54) is 110 Å². The highest BCUT2D eigenvalue weighted by molar-refractivity contribution is 6.15. The van der Waals surface area contributed by atoms with Crippen molar-refractivity contribution in [2.24, 2.45) is 0 Å². The van der Waals surface area contributed by atoms with E-state index < -0.39 is 0 Å². The van der Waals surface area contributed by atoms with E-state index in [2.05, 4.69) is 198 Å². The maximum atomic E-state index is 2.47. The van der Waals surface area contributed by atoms with Crippen LogP contribution in [0.15, 0.2) is 176 Å². The quantitative estimate of drug-likeness (QED) is 0.162. The van der Waals surface area contributed by atoms with E-state index in [1.807, 2.05) is 0 Å². The molecule has 12 rings (SSSR count). The van der Waals surface area contributed by atoms with Crippen LogP contribution in [0.1, 0.15) is 30.4 Å². The first-order chi connectivity index (χ1) is 27.2. The summed E-state index contributed by atoms with van der Waals surface area (Å²) in [5.41, 5.74) is 12.6. The zero-order chi connectivity index (χ0) is 36.2. The molecule has 0 N–H and O–H groups in total. The van der Waals surface area contributed by atoms with Gasteiger partial charge in [-0.05, 0) is 128 Å². The molecule has 1 unspecified atom stereocenters. The highest BCUT2D eigenvalue weighted by atomic mass is 15.0. The summed E-state index contributed by atoms with van der Waals surface area (Å²) < 4.78 is 4.89. The first kappa shape index (κ1) is 30.6. The van der Waals surface area contributed by atoms with E-state index in [4.69, 9.17) is 0 Å². The van der Waals surface area contributed by atoms with Crippen molar-refractivity contribution in [3.05, 3.63) is 187 Å². The van der Waals surface area contributed by atoms with Gasteiger partial charge in [0.25, 0.3) is 0 Å². The maximum Gasteiger partial charge on any atom is 0.0541 e. The lowest BCUT2D eigenvalue weighted by Crippen LogP contribution is -2.03. The van der Waals surface area contributed by atoms with Crippen LogP contribution in [-0.4, -0.2) is 9.13 Å². The summed E-state index contributed by atoms with van der Waals surface area (Å²) in [7, 11) is 0. The molecule has 9 aromatic carbocycles. The van der Waals surface area contributed by atoms with Crippen molar-refractivity contribution in [2.75, 3.05) is 0 Å². The Kier molecular flexibility index (Phi) is 6.41. The Bertz CT molecular complexity index is 3430. The minimum absolute atomic E-state index is 0.460. The van der Waals surface area contributed by atoms with Crippen molar-refractivity contribution in [2.45, 2.75) is 19.3 Å². The van der Waals surface area contributed by atoms with Gasteiger partial charge in [-0.15, -0.1) is 0 Å². The second kappa shape index (κ2) is 11.5. The average Bonchev–Trinajstić information content (AvgIpc) is 3.75. The first-order valence-electron chi connectivity index (χ1n) is 19.4. The van der Waals surface area contributed by atoms with Crippen molar-refractivity contribution in [1.82, 2.24) is 9.13 Å². The van der Waals surface area contributed by atoms with Crippen molar-refractivity contribution < 1.29 is 0 Å². The highest BCUT2D eigenvalue weighted by Gasteiger charge is 2.22. The van der Waals surface area contributed by atoms with Gasteiger partial charge in [0.05, 0.1) is 22.1 Å². The molecule has 1 aliphatic carbocycles. The lowest BCUT2D eigenvalue weighted by molar-refractivity contribution is 0.781. The van der Waals surface area contributed by atoms with Crippen LogP contribution in [0.25, 0.3) is 105 Å². The summed E-state index contributed by atoms with van der Waals surface area (Å²) in [6.07, 6.45) is 5.77. The third kappa shape index (κ3) is 4.43. The molecule has 2 heterocycles. The number of benzene rings is 9. The molecule has 1 aliphatic rings. The topological polar surface area (TPSA) is 9.86 Å². The van der Waals surface area contributed by atoms with Gasteiger partial charge in [0.2, 0.25) is 0 Å². The molecular formula is C53H36N2. The number of fused-ring (bicyclic) bond motifs is 13. The van der Waals surface area contributed by atoms with Gasteiger partial charge >= 0.3 is 0 Å². The number of para-hydroxylation sites is 2. The van der Waals surface area contributed by atoms with Crippen LogP contribution in [0, 0.1) is 0 Å². The molecule has 55 heavy (non-hydrogen) atoms. The van der Waals surface area contributed by atoms with Gasteiger partial charge in [0.1, 0.15) is 0 Å². The Hall–Kier alpha value is -6.90. The Morgan fingerprint density at radius 2 is 0.927 bits per heavy atom. The molecule has 0 saturated heterocycles. The summed E-state index contributed by atoms with van der Waals surface area (Å²) in [6, 6.07) is 63.2. The molecule has 0 bridgehead atoms. The Morgan fingerprint density at radius 3 is 1.62 bits per heavy atom. The van der Waals surface area contributed by atoms with E-state index in [0.29, 0.717) is 5.92 Å². The highest BCUT2D eigenvalue weighted by Crippen LogP contribution is 2.43. The summed E-state index contributed by atoms with van der Waals surface area (Å²) in [6.45, 7) is 2.38. The number of hydrogen-bond acceptors (Lipinski definition) is 0. The third-order valence-electron chi connectivity index (χ3n) is 12.3. The van der Waals surface area contributed by atoms with Gasteiger partial charge in [0, 0.05) is 32.9 Å². The van der Waals surface area contributed by atoms with E-state index >= 15 is 0 Å². The van der Waals surface area contributed by atoms with Crippen LogP contribution in [0.5, 0.6) is 0 Å². The van der Waals surface area contributed by atoms with E-state index in [9.17, 15) is 0 Å². The summed E-state index contributed by atoms with van der Waals surface area (Å²) in [5.74, 6) is 0.460. The van der Waals surface area contributed by atoms with Crippen molar-refractivity contribution in [3.8, 4) is 22.5 Å². The predicted molar refractivity (Wildman–Crippen MR) is 235 cm³/mol. The monoisotopic (exact) mass is 700 g/mol. The largest absolute Gasteiger partial charge is 0.309 e. The third-order valence-corrected chi connectivity index (χ3v) is 12.3. The summed E-state index contributed by atoms with van der Waals surface area (Å²) >= 11 is 0. The number of nitrogens with zero attached hydrogens (tertiary/aromatic N) is 2. The van der Waals surface area contributed by atoms with Gasteiger partial charge in [-0.3, -0.25) is 0 Å². The van der Waals surface area contributed by atoms with Crippen molar-refractivity contribution in [1.29, 1.82) is 0 Å². The number of hydrogen-bond donors (Lipinski definition) is 0. The van der Waals surface area contributed by atoms with E-state index in [0.717, 1.165) is 6.42 Å². The molecular weight excluding hydrogens is 665 g/mol. The van der Waals surface area contributed by atoms with Gasteiger partial charge in [-0.2, -0.15) is 0 Å². The Balaban J connectivity index is 1.04. The molecule has 2 aromatic heterocycles. The Morgan fingerprint density at radius 1 is 0.400 bits per heavy atom. The fraction of sp³-hybridized carbons (Fsp3) is 0.0566. The minimum Gasteiger partial charge on any atom is -0.309 e. The minimum atomic E-state index is 0.460. The van der Waals surface area contributed by atoms with Crippen LogP contribution >= 0.6 is 0 Å². The zero-order valence-electron chi connectivity index (χ0n) is 30.5. The lowest BCUT2D eigenvalue weighted by atomic mass is 9.81. The molecule has 2 heteroatoms. The smallest absolute Gasteiger partial charge is 0.0541 e. The van der Waals surface area contributed by atoms with Gasteiger partial charge in [0.15, 0.2) is 0 Å². The zero-order valence-corrected chi connectivity index (χ0v) is 30.5. The number of allylic oxidation sites excluding steroid dienone is 1. The molecule has 11 aromatic rings. The van der Waals surface area contributed by atoms with Crippen molar-refractivity contribution in [3.63, 3.8) is 0 Å². The standard InChI is InChI=1S/C53H36N2/c1-33-11-10-18-45-41-15-5-4-14-40(41)42-26-25-39(32-48(42)53(33)45)55-50-20-9-7-17-44(50)47-31-37(23-28-52(47)55)36-22-27-51-46(30-36)43-16-6-8-19-49(43)54(51)38-24-21-34-12-2-3-13-35(34)29-38/h2-10,12-33H,11H2,1H3. The average molecular weight is 701 g/mol. The van der Waals surface area contributed by atoms with Crippen LogP contribution in [0.2, 0.25) is 0 Å². The number of aromatic nitrogens is 2. The molecule has 0 aliphatic heterocycles. The van der Waals surface area contributed by atoms with Gasteiger partial charge < -0.3 is 9.13 Å². The van der Waals surface area contributed by atoms with Crippen LogP contribution in [0.3, 0.4) is 0 Å². The number of rotatable bonds is 3. The first-order valence-corrected chi connectivity index (χ1v) is 19.4. The normalized spacial score (nSPS) is 14.3. The molecule has 1 atom stereocenters. The van der Waals surface area contributed by atoms with Crippen LogP contribution in [-0.2, 0) is 0 Å². The Labute approximate surface area is 318 Å². The molecule has 0 spiro atoms. The SMILES string of the molecule is CC1CC=Cc2c1c1cc(-n3c4ccccc4c4cc(-c5ccc6c(c5)c5ccccc5n6-c5ccc6ccccc6c5)ccc43)ccc1c1ccccc21. The molecule has 0 amide bonds. The molecule has 0 saturated carbocycles. The fourth-order valence-electron chi connectivity index (χ4n) is 9.77.